The van der Waals surface area contributed by atoms with Crippen LogP contribution >= 0.6 is 0 Å². The summed E-state index contributed by atoms with van der Waals surface area (Å²) in [6.45, 7) is 0.615. The Hall–Kier alpha value is -2.39. The van der Waals surface area contributed by atoms with Crippen molar-refractivity contribution in [1.29, 1.82) is 0 Å². The molecular formula is C18H16FNO. The van der Waals surface area contributed by atoms with E-state index in [1.165, 1.54) is 12.1 Å². The summed E-state index contributed by atoms with van der Waals surface area (Å²) in [7, 11) is 0. The van der Waals surface area contributed by atoms with Crippen LogP contribution in [0.4, 0.5) is 4.39 Å². The lowest BCUT2D eigenvalue weighted by Gasteiger charge is -2.19. The Kier molecular flexibility index (Phi) is 4.12. The van der Waals surface area contributed by atoms with Gasteiger partial charge in [-0.3, -0.25) is 5.32 Å². The second-order valence-corrected chi connectivity index (χ2v) is 4.86. The molecule has 0 aliphatic heterocycles. The first kappa shape index (κ1) is 13.6. The van der Waals surface area contributed by atoms with E-state index in [9.17, 15) is 4.39 Å². The molecule has 0 saturated carbocycles. The third-order valence-electron chi connectivity index (χ3n) is 3.40. The van der Waals surface area contributed by atoms with E-state index < -0.39 is 0 Å². The number of halogens is 1. The molecule has 0 bridgehead atoms. The van der Waals surface area contributed by atoms with E-state index in [0.717, 1.165) is 16.9 Å². The molecule has 0 radical (unpaired) electrons. The van der Waals surface area contributed by atoms with Gasteiger partial charge in [0.1, 0.15) is 11.6 Å². The van der Waals surface area contributed by atoms with Crippen molar-refractivity contribution >= 4 is 0 Å². The molecule has 1 N–H and O–H groups in total. The molecule has 0 aliphatic rings. The number of benzene rings is 2. The van der Waals surface area contributed by atoms with Crippen molar-refractivity contribution in [2.45, 2.75) is 12.6 Å². The third-order valence-corrected chi connectivity index (χ3v) is 3.40. The van der Waals surface area contributed by atoms with Gasteiger partial charge in [-0.05, 0) is 35.4 Å². The minimum absolute atomic E-state index is 0.00287. The molecule has 21 heavy (non-hydrogen) atoms. The predicted octanol–water partition coefficient (Wildman–Crippen LogP) is 4.30. The molecule has 3 aromatic rings. The second-order valence-electron chi connectivity index (χ2n) is 4.86. The van der Waals surface area contributed by atoms with Gasteiger partial charge in [0.25, 0.3) is 0 Å². The Balaban J connectivity index is 1.85. The molecule has 1 unspecified atom stereocenters. The summed E-state index contributed by atoms with van der Waals surface area (Å²) >= 11 is 0. The van der Waals surface area contributed by atoms with E-state index in [2.05, 4.69) is 17.4 Å². The van der Waals surface area contributed by atoms with Crippen molar-refractivity contribution in [2.24, 2.45) is 0 Å². The highest BCUT2D eigenvalue weighted by molar-refractivity contribution is 5.31. The molecule has 3 heteroatoms. The molecule has 0 aliphatic carbocycles. The highest BCUT2D eigenvalue weighted by Gasteiger charge is 2.14. The molecule has 0 saturated heterocycles. The second kappa shape index (κ2) is 6.37. The van der Waals surface area contributed by atoms with Gasteiger partial charge in [0, 0.05) is 0 Å². The van der Waals surface area contributed by atoms with E-state index in [1.807, 2.05) is 42.5 Å². The van der Waals surface area contributed by atoms with Crippen molar-refractivity contribution in [3.05, 3.63) is 95.7 Å². The van der Waals surface area contributed by atoms with Gasteiger partial charge in [0.2, 0.25) is 0 Å². The normalized spacial score (nSPS) is 12.2. The topological polar surface area (TPSA) is 25.2 Å². The molecular weight excluding hydrogens is 265 g/mol. The Morgan fingerprint density at radius 3 is 2.24 bits per heavy atom. The van der Waals surface area contributed by atoms with Gasteiger partial charge in [0.05, 0.1) is 18.8 Å². The van der Waals surface area contributed by atoms with Gasteiger partial charge in [-0.2, -0.15) is 0 Å². The maximum Gasteiger partial charge on any atom is 0.123 e. The number of hydrogen-bond acceptors (Lipinski definition) is 2. The van der Waals surface area contributed by atoms with Crippen molar-refractivity contribution in [2.75, 3.05) is 0 Å². The van der Waals surface area contributed by atoms with Crippen LogP contribution in [-0.4, -0.2) is 0 Å². The standard InChI is InChI=1S/C18H16FNO/c19-16-10-8-15(9-11-16)18(14-5-2-1-3-6-14)20-13-17-7-4-12-21-17/h1-12,18,20H,13H2. The quantitative estimate of drug-likeness (QED) is 0.754. The molecule has 2 nitrogen and oxygen atoms in total. The van der Waals surface area contributed by atoms with Gasteiger partial charge in [-0.15, -0.1) is 0 Å². The highest BCUT2D eigenvalue weighted by atomic mass is 19.1. The van der Waals surface area contributed by atoms with Crippen LogP contribution in [0, 0.1) is 5.82 Å². The van der Waals surface area contributed by atoms with Crippen LogP contribution in [0.15, 0.2) is 77.4 Å². The predicted molar refractivity (Wildman–Crippen MR) is 80.2 cm³/mol. The van der Waals surface area contributed by atoms with E-state index in [1.54, 1.807) is 6.26 Å². The molecule has 1 atom stereocenters. The van der Waals surface area contributed by atoms with Gasteiger partial charge in [0.15, 0.2) is 0 Å². The van der Waals surface area contributed by atoms with Gasteiger partial charge in [-0.1, -0.05) is 42.5 Å². The first-order valence-corrected chi connectivity index (χ1v) is 6.89. The lowest BCUT2D eigenvalue weighted by molar-refractivity contribution is 0.468. The number of furan rings is 1. The van der Waals surface area contributed by atoms with Crippen molar-refractivity contribution < 1.29 is 8.81 Å². The van der Waals surface area contributed by atoms with Crippen LogP contribution < -0.4 is 5.32 Å². The van der Waals surface area contributed by atoms with E-state index in [-0.39, 0.29) is 11.9 Å². The van der Waals surface area contributed by atoms with Gasteiger partial charge in [-0.25, -0.2) is 4.39 Å². The van der Waals surface area contributed by atoms with E-state index in [4.69, 9.17) is 4.42 Å². The van der Waals surface area contributed by atoms with Crippen LogP contribution in [-0.2, 0) is 6.54 Å². The Morgan fingerprint density at radius 1 is 0.857 bits per heavy atom. The summed E-state index contributed by atoms with van der Waals surface area (Å²) in [6.07, 6.45) is 1.66. The minimum Gasteiger partial charge on any atom is -0.468 e. The third kappa shape index (κ3) is 3.38. The molecule has 1 heterocycles. The maximum absolute atomic E-state index is 13.1. The maximum atomic E-state index is 13.1. The minimum atomic E-state index is -0.225. The number of hydrogen-bond donors (Lipinski definition) is 1. The van der Waals surface area contributed by atoms with Gasteiger partial charge >= 0.3 is 0 Å². The summed E-state index contributed by atoms with van der Waals surface area (Å²) in [5.74, 6) is 0.648. The van der Waals surface area contributed by atoms with Crippen molar-refractivity contribution in [1.82, 2.24) is 5.32 Å². The average Bonchev–Trinajstić information content (AvgIpc) is 3.04. The van der Waals surface area contributed by atoms with Crippen molar-refractivity contribution in [3.63, 3.8) is 0 Å². The fourth-order valence-electron chi connectivity index (χ4n) is 2.34. The summed E-state index contributed by atoms with van der Waals surface area (Å²) in [5.41, 5.74) is 2.16. The SMILES string of the molecule is Fc1ccc(C(NCc2ccco2)c2ccccc2)cc1. The lowest BCUT2D eigenvalue weighted by Crippen LogP contribution is -2.21. The monoisotopic (exact) mass is 281 g/mol. The van der Waals surface area contributed by atoms with Crippen LogP contribution in [0.25, 0.3) is 0 Å². The highest BCUT2D eigenvalue weighted by Crippen LogP contribution is 2.22. The van der Waals surface area contributed by atoms with E-state index >= 15 is 0 Å². The zero-order valence-corrected chi connectivity index (χ0v) is 11.5. The van der Waals surface area contributed by atoms with Crippen LogP contribution in [0.1, 0.15) is 22.9 Å². The average molecular weight is 281 g/mol. The zero-order chi connectivity index (χ0) is 14.5. The summed E-state index contributed by atoms with van der Waals surface area (Å²) < 4.78 is 18.5. The molecule has 106 valence electrons. The lowest BCUT2D eigenvalue weighted by atomic mass is 9.98. The van der Waals surface area contributed by atoms with E-state index in [0.29, 0.717) is 6.54 Å². The Morgan fingerprint density at radius 2 is 1.57 bits per heavy atom. The van der Waals surface area contributed by atoms with Crippen LogP contribution in [0.3, 0.4) is 0 Å². The Labute approximate surface area is 123 Å². The first-order chi connectivity index (χ1) is 10.3. The molecule has 0 amide bonds. The molecule has 0 fully saturated rings. The zero-order valence-electron chi connectivity index (χ0n) is 11.5. The van der Waals surface area contributed by atoms with Gasteiger partial charge < -0.3 is 4.42 Å². The molecule has 2 aromatic carbocycles. The summed E-state index contributed by atoms with van der Waals surface area (Å²) in [6, 6.07) is 20.5. The fourth-order valence-corrected chi connectivity index (χ4v) is 2.34. The molecule has 1 aromatic heterocycles. The van der Waals surface area contributed by atoms with Crippen molar-refractivity contribution in [3.8, 4) is 0 Å². The Bertz CT molecular complexity index is 662. The molecule has 0 spiro atoms. The summed E-state index contributed by atoms with van der Waals surface area (Å²) in [5, 5.41) is 3.46. The number of rotatable bonds is 5. The largest absolute Gasteiger partial charge is 0.468 e. The first-order valence-electron chi connectivity index (χ1n) is 6.89. The molecule has 3 rings (SSSR count). The summed E-state index contributed by atoms with van der Waals surface area (Å²) in [4.78, 5) is 0. The van der Waals surface area contributed by atoms with Crippen LogP contribution in [0.2, 0.25) is 0 Å². The number of nitrogens with one attached hydrogen (secondary N) is 1. The smallest absolute Gasteiger partial charge is 0.123 e. The van der Waals surface area contributed by atoms with Crippen LogP contribution in [0.5, 0.6) is 0 Å². The fraction of sp³-hybridized carbons (Fsp3) is 0.111.